The van der Waals surface area contributed by atoms with Crippen LogP contribution < -0.4 is 0 Å². The fourth-order valence-corrected chi connectivity index (χ4v) is 2.41. The summed E-state index contributed by atoms with van der Waals surface area (Å²) < 4.78 is 0. The number of carbonyl (C=O) groups is 2. The van der Waals surface area contributed by atoms with Crippen molar-refractivity contribution in [2.24, 2.45) is 0 Å². The number of amides is 1. The number of rotatable bonds is 2. The summed E-state index contributed by atoms with van der Waals surface area (Å²) in [6.45, 7) is 3.75. The molecule has 1 saturated heterocycles. The molecule has 5 heteroatoms. The summed E-state index contributed by atoms with van der Waals surface area (Å²) in [7, 11) is 0. The third-order valence-electron chi connectivity index (χ3n) is 3.26. The molecule has 1 aromatic heterocycles. The van der Waals surface area contributed by atoms with Crippen LogP contribution in [0.15, 0.2) is 24.5 Å². The SMILES string of the molecule is CC.O=C1CCC(c2cccnc2)N1C1CC1.O=CO. The highest BCUT2D eigenvalue weighted by molar-refractivity contribution is 5.79. The predicted octanol–water partition coefficient (Wildman–Crippen LogP) is 2.63. The molecule has 1 aliphatic heterocycles. The second-order valence-electron chi connectivity index (χ2n) is 4.48. The van der Waals surface area contributed by atoms with Crippen molar-refractivity contribution in [2.75, 3.05) is 0 Å². The minimum Gasteiger partial charge on any atom is -0.483 e. The van der Waals surface area contributed by atoms with Gasteiger partial charge in [0.15, 0.2) is 0 Å². The first-order valence-corrected chi connectivity index (χ1v) is 7.07. The van der Waals surface area contributed by atoms with Gasteiger partial charge in [0.25, 0.3) is 6.47 Å². The Labute approximate surface area is 119 Å². The summed E-state index contributed by atoms with van der Waals surface area (Å²) in [4.78, 5) is 26.3. The van der Waals surface area contributed by atoms with Gasteiger partial charge in [0.2, 0.25) is 5.91 Å². The van der Waals surface area contributed by atoms with E-state index in [1.807, 2.05) is 26.1 Å². The molecule has 3 rings (SSSR count). The van der Waals surface area contributed by atoms with Gasteiger partial charge in [-0.25, -0.2) is 0 Å². The Balaban J connectivity index is 0.000000357. The van der Waals surface area contributed by atoms with Crippen LogP contribution in [0.1, 0.15) is 51.1 Å². The molecule has 1 saturated carbocycles. The molecular weight excluding hydrogens is 256 g/mol. The van der Waals surface area contributed by atoms with Crippen molar-refractivity contribution >= 4 is 12.4 Å². The molecule has 0 bridgehead atoms. The van der Waals surface area contributed by atoms with Crippen LogP contribution >= 0.6 is 0 Å². The average Bonchev–Trinajstić information content (AvgIpc) is 3.25. The zero-order chi connectivity index (χ0) is 15.0. The standard InChI is InChI=1S/C12H14N2O.C2H6.CH2O2/c15-12-6-5-11(14(12)10-3-4-10)9-2-1-7-13-8-9;1-2;2-1-3/h1-2,7-8,10-11H,3-6H2;1-2H3;1H,(H,2,3). The first-order chi connectivity index (χ1) is 9.77. The third-order valence-corrected chi connectivity index (χ3v) is 3.26. The maximum absolute atomic E-state index is 11.7. The van der Waals surface area contributed by atoms with Gasteiger partial charge in [0.1, 0.15) is 0 Å². The molecule has 1 amide bonds. The monoisotopic (exact) mass is 278 g/mol. The molecule has 0 aromatic carbocycles. The molecule has 0 radical (unpaired) electrons. The number of aromatic nitrogens is 1. The fourth-order valence-electron chi connectivity index (χ4n) is 2.41. The number of carbonyl (C=O) groups excluding carboxylic acids is 1. The zero-order valence-corrected chi connectivity index (χ0v) is 12.0. The molecule has 5 nitrogen and oxygen atoms in total. The largest absolute Gasteiger partial charge is 0.483 e. The molecule has 0 spiro atoms. The summed E-state index contributed by atoms with van der Waals surface area (Å²) in [6.07, 6.45) is 7.70. The van der Waals surface area contributed by atoms with Gasteiger partial charge < -0.3 is 10.0 Å². The summed E-state index contributed by atoms with van der Waals surface area (Å²) in [6, 6.07) is 4.83. The van der Waals surface area contributed by atoms with Crippen molar-refractivity contribution in [1.82, 2.24) is 9.88 Å². The van der Waals surface area contributed by atoms with E-state index in [2.05, 4.69) is 16.0 Å². The maximum atomic E-state index is 11.7. The minimum atomic E-state index is -0.250. The van der Waals surface area contributed by atoms with E-state index < -0.39 is 0 Å². The second kappa shape index (κ2) is 8.30. The first-order valence-electron chi connectivity index (χ1n) is 7.07. The molecule has 1 N–H and O–H groups in total. The van der Waals surface area contributed by atoms with Crippen molar-refractivity contribution in [3.8, 4) is 0 Å². The average molecular weight is 278 g/mol. The van der Waals surface area contributed by atoms with Gasteiger partial charge in [-0.1, -0.05) is 19.9 Å². The van der Waals surface area contributed by atoms with Crippen molar-refractivity contribution in [3.05, 3.63) is 30.1 Å². The molecule has 2 aliphatic rings. The van der Waals surface area contributed by atoms with Gasteiger partial charge in [0, 0.05) is 24.9 Å². The van der Waals surface area contributed by atoms with E-state index in [9.17, 15) is 4.79 Å². The Morgan fingerprint density at radius 2 is 2.00 bits per heavy atom. The van der Waals surface area contributed by atoms with E-state index in [1.165, 1.54) is 18.4 Å². The van der Waals surface area contributed by atoms with Crippen LogP contribution in [0.5, 0.6) is 0 Å². The van der Waals surface area contributed by atoms with Crippen LogP contribution in [0.25, 0.3) is 0 Å². The van der Waals surface area contributed by atoms with Crippen LogP contribution in [0.2, 0.25) is 0 Å². The summed E-state index contributed by atoms with van der Waals surface area (Å²) in [5.41, 5.74) is 1.19. The summed E-state index contributed by atoms with van der Waals surface area (Å²) >= 11 is 0. The normalized spacial score (nSPS) is 20.4. The smallest absolute Gasteiger partial charge is 0.290 e. The van der Waals surface area contributed by atoms with Crippen molar-refractivity contribution in [1.29, 1.82) is 0 Å². The van der Waals surface area contributed by atoms with E-state index >= 15 is 0 Å². The Morgan fingerprint density at radius 1 is 1.35 bits per heavy atom. The Kier molecular flexibility index (Phi) is 6.70. The molecule has 2 heterocycles. The number of hydrogen-bond acceptors (Lipinski definition) is 3. The molecule has 20 heavy (non-hydrogen) atoms. The van der Waals surface area contributed by atoms with Crippen LogP contribution in [0.3, 0.4) is 0 Å². The first kappa shape index (κ1) is 16.1. The highest BCUT2D eigenvalue weighted by Crippen LogP contribution is 2.41. The van der Waals surface area contributed by atoms with Gasteiger partial charge in [-0.3, -0.25) is 14.6 Å². The summed E-state index contributed by atoms with van der Waals surface area (Å²) in [5, 5.41) is 6.89. The Morgan fingerprint density at radius 3 is 2.50 bits per heavy atom. The van der Waals surface area contributed by atoms with Gasteiger partial charge in [-0.05, 0) is 30.9 Å². The molecular formula is C15H22N2O3. The van der Waals surface area contributed by atoms with E-state index in [1.54, 1.807) is 6.20 Å². The quantitative estimate of drug-likeness (QED) is 0.844. The lowest BCUT2D eigenvalue weighted by Crippen LogP contribution is -2.29. The number of carboxylic acid groups (broad SMARTS) is 1. The Hall–Kier alpha value is -1.91. The number of pyridine rings is 1. The second-order valence-corrected chi connectivity index (χ2v) is 4.48. The molecule has 2 fully saturated rings. The zero-order valence-electron chi connectivity index (χ0n) is 12.0. The highest BCUT2D eigenvalue weighted by atomic mass is 16.3. The van der Waals surface area contributed by atoms with Gasteiger partial charge >= 0.3 is 0 Å². The predicted molar refractivity (Wildman–Crippen MR) is 76.1 cm³/mol. The van der Waals surface area contributed by atoms with Gasteiger partial charge in [0.05, 0.1) is 6.04 Å². The number of likely N-dealkylation sites (tertiary alicyclic amines) is 1. The van der Waals surface area contributed by atoms with Gasteiger partial charge in [-0.2, -0.15) is 0 Å². The van der Waals surface area contributed by atoms with Crippen molar-refractivity contribution in [2.45, 2.75) is 51.6 Å². The molecule has 1 unspecified atom stereocenters. The van der Waals surface area contributed by atoms with E-state index in [4.69, 9.17) is 9.90 Å². The van der Waals surface area contributed by atoms with Crippen LogP contribution in [0.4, 0.5) is 0 Å². The highest BCUT2D eigenvalue weighted by Gasteiger charge is 2.41. The van der Waals surface area contributed by atoms with E-state index in [0.717, 1.165) is 6.42 Å². The van der Waals surface area contributed by atoms with Crippen LogP contribution in [-0.4, -0.2) is 33.4 Å². The molecule has 1 aliphatic carbocycles. The van der Waals surface area contributed by atoms with E-state index in [0.29, 0.717) is 24.4 Å². The van der Waals surface area contributed by atoms with Crippen LogP contribution in [0, 0.1) is 0 Å². The minimum absolute atomic E-state index is 0.250. The van der Waals surface area contributed by atoms with Crippen molar-refractivity contribution < 1.29 is 14.7 Å². The maximum Gasteiger partial charge on any atom is 0.290 e. The van der Waals surface area contributed by atoms with E-state index in [-0.39, 0.29) is 6.47 Å². The van der Waals surface area contributed by atoms with Gasteiger partial charge in [-0.15, -0.1) is 0 Å². The van der Waals surface area contributed by atoms with Crippen LogP contribution in [-0.2, 0) is 9.59 Å². The fraction of sp³-hybridized carbons (Fsp3) is 0.533. The lowest BCUT2D eigenvalue weighted by molar-refractivity contribution is -0.129. The van der Waals surface area contributed by atoms with Crippen molar-refractivity contribution in [3.63, 3.8) is 0 Å². The third kappa shape index (κ3) is 4.05. The molecule has 1 atom stereocenters. The lowest BCUT2D eigenvalue weighted by atomic mass is 10.1. The molecule has 1 aromatic rings. The molecule has 110 valence electrons. The summed E-state index contributed by atoms with van der Waals surface area (Å²) in [5.74, 6) is 0.325. The number of hydrogen-bond donors (Lipinski definition) is 1. The number of nitrogens with zero attached hydrogens (tertiary/aromatic N) is 2. The Bertz CT molecular complexity index is 418. The topological polar surface area (TPSA) is 70.5 Å². The lowest BCUT2D eigenvalue weighted by Gasteiger charge is -2.24.